The highest BCUT2D eigenvalue weighted by molar-refractivity contribution is 5.63. The highest BCUT2D eigenvalue weighted by Gasteiger charge is 2.44. The summed E-state index contributed by atoms with van der Waals surface area (Å²) in [5, 5.41) is 15.8. The number of hydrogen-bond donors (Lipinski definition) is 1. The van der Waals surface area contributed by atoms with Gasteiger partial charge in [-0.1, -0.05) is 0 Å². The summed E-state index contributed by atoms with van der Waals surface area (Å²) in [7, 11) is 0. The van der Waals surface area contributed by atoms with Crippen molar-refractivity contribution in [1.82, 2.24) is 9.78 Å². The predicted molar refractivity (Wildman–Crippen MR) is 75.8 cm³/mol. The Hall–Kier alpha value is -1.63. The zero-order valence-electron chi connectivity index (χ0n) is 12.0. The Morgan fingerprint density at radius 1 is 1.40 bits per heavy atom. The van der Waals surface area contributed by atoms with Crippen molar-refractivity contribution in [2.45, 2.75) is 64.2 Å². The third kappa shape index (κ3) is 1.88. The van der Waals surface area contributed by atoms with Gasteiger partial charge >= 0.3 is 5.69 Å². The van der Waals surface area contributed by atoms with Gasteiger partial charge in [-0.25, -0.2) is 4.68 Å². The number of piperidine rings is 1. The van der Waals surface area contributed by atoms with E-state index >= 15 is 0 Å². The summed E-state index contributed by atoms with van der Waals surface area (Å²) in [6.45, 7) is 4.33. The van der Waals surface area contributed by atoms with Crippen LogP contribution in [0, 0.1) is 17.0 Å². The molecule has 1 aromatic rings. The summed E-state index contributed by atoms with van der Waals surface area (Å²) in [4.78, 5) is 13.3. The van der Waals surface area contributed by atoms with Crippen LogP contribution in [0.3, 0.4) is 0 Å². The monoisotopic (exact) mass is 279 g/mol. The molecule has 2 aliphatic rings. The van der Waals surface area contributed by atoms with Crippen molar-refractivity contribution in [3.8, 4) is 0 Å². The third-order valence-corrected chi connectivity index (χ3v) is 4.57. The van der Waals surface area contributed by atoms with Crippen LogP contribution in [0.2, 0.25) is 0 Å². The fourth-order valence-electron chi connectivity index (χ4n) is 3.81. The molecule has 3 rings (SSSR count). The smallest absolute Gasteiger partial charge is 0.333 e. The predicted octanol–water partition coefficient (Wildman–Crippen LogP) is 1.58. The molecule has 0 aliphatic carbocycles. The van der Waals surface area contributed by atoms with E-state index in [0.717, 1.165) is 25.7 Å². The van der Waals surface area contributed by atoms with E-state index in [1.54, 1.807) is 11.6 Å². The standard InChI is InChI=1S/C13H21N5O2/c1-3-16-13(12(18(19)20)8(2)15-16)17-10-4-5-11(17)7-9(14)6-10/h9-11H,3-7,14H2,1-2H3. The number of aromatic nitrogens is 2. The molecule has 20 heavy (non-hydrogen) atoms. The lowest BCUT2D eigenvalue weighted by atomic mass is 9.98. The van der Waals surface area contributed by atoms with Crippen molar-refractivity contribution in [3.05, 3.63) is 15.8 Å². The zero-order chi connectivity index (χ0) is 14.4. The minimum atomic E-state index is -0.294. The van der Waals surface area contributed by atoms with Gasteiger partial charge in [0.05, 0.1) is 4.92 Å². The number of nitrogens with two attached hydrogens (primary N) is 1. The molecule has 1 aromatic heterocycles. The molecule has 3 heterocycles. The average molecular weight is 279 g/mol. The van der Waals surface area contributed by atoms with E-state index in [1.807, 2.05) is 6.92 Å². The Labute approximate surface area is 117 Å². The van der Waals surface area contributed by atoms with Gasteiger partial charge in [0.1, 0.15) is 5.69 Å². The molecule has 0 aromatic carbocycles. The lowest BCUT2D eigenvalue weighted by Gasteiger charge is -2.38. The van der Waals surface area contributed by atoms with Crippen molar-refractivity contribution < 1.29 is 4.92 Å². The molecule has 0 amide bonds. The van der Waals surface area contributed by atoms with Crippen LogP contribution in [0.4, 0.5) is 11.5 Å². The van der Waals surface area contributed by atoms with Gasteiger partial charge in [-0.3, -0.25) is 10.1 Å². The van der Waals surface area contributed by atoms with Gasteiger partial charge in [0.2, 0.25) is 5.82 Å². The number of aryl methyl sites for hydroxylation is 2. The highest BCUT2D eigenvalue weighted by atomic mass is 16.6. The molecular weight excluding hydrogens is 258 g/mol. The van der Waals surface area contributed by atoms with Gasteiger partial charge in [-0.05, 0) is 39.5 Å². The van der Waals surface area contributed by atoms with Crippen molar-refractivity contribution >= 4 is 11.5 Å². The molecule has 2 bridgehead atoms. The molecule has 0 radical (unpaired) electrons. The fourth-order valence-corrected chi connectivity index (χ4v) is 3.81. The molecule has 2 unspecified atom stereocenters. The highest BCUT2D eigenvalue weighted by Crippen LogP contribution is 2.43. The lowest BCUT2D eigenvalue weighted by molar-refractivity contribution is -0.384. The van der Waals surface area contributed by atoms with Crippen LogP contribution in [0.1, 0.15) is 38.3 Å². The van der Waals surface area contributed by atoms with Crippen LogP contribution in [0.25, 0.3) is 0 Å². The summed E-state index contributed by atoms with van der Waals surface area (Å²) >= 11 is 0. The zero-order valence-corrected chi connectivity index (χ0v) is 12.0. The van der Waals surface area contributed by atoms with Gasteiger partial charge in [-0.15, -0.1) is 0 Å². The van der Waals surface area contributed by atoms with Crippen molar-refractivity contribution in [2.75, 3.05) is 4.90 Å². The van der Waals surface area contributed by atoms with Crippen LogP contribution in [-0.2, 0) is 6.54 Å². The van der Waals surface area contributed by atoms with Crippen LogP contribution in [0.5, 0.6) is 0 Å². The Bertz CT molecular complexity index is 527. The average Bonchev–Trinajstić information content (AvgIpc) is 2.83. The normalized spacial score (nSPS) is 28.9. The molecule has 0 spiro atoms. The second-order valence-corrected chi connectivity index (χ2v) is 5.85. The number of anilines is 1. The van der Waals surface area contributed by atoms with E-state index in [0.29, 0.717) is 30.1 Å². The van der Waals surface area contributed by atoms with Crippen LogP contribution < -0.4 is 10.6 Å². The molecule has 0 saturated carbocycles. The van der Waals surface area contributed by atoms with E-state index in [4.69, 9.17) is 5.73 Å². The van der Waals surface area contributed by atoms with Gasteiger partial charge in [0.25, 0.3) is 0 Å². The SMILES string of the molecule is CCn1nc(C)c([N+](=O)[O-])c1N1C2CCC1CC(N)C2. The Kier molecular flexibility index (Phi) is 3.16. The van der Waals surface area contributed by atoms with Crippen molar-refractivity contribution in [2.24, 2.45) is 5.73 Å². The Balaban J connectivity index is 2.08. The molecule has 2 fully saturated rings. The maximum absolute atomic E-state index is 11.4. The first kappa shape index (κ1) is 13.4. The first-order chi connectivity index (χ1) is 9.52. The Morgan fingerprint density at radius 2 is 2.00 bits per heavy atom. The molecule has 2 N–H and O–H groups in total. The summed E-state index contributed by atoms with van der Waals surface area (Å²) in [6, 6.07) is 0.870. The summed E-state index contributed by atoms with van der Waals surface area (Å²) in [5.41, 5.74) is 6.75. The molecule has 2 atom stereocenters. The number of nitrogens with zero attached hydrogens (tertiary/aromatic N) is 4. The van der Waals surface area contributed by atoms with Gasteiger partial charge in [0, 0.05) is 24.7 Å². The van der Waals surface area contributed by atoms with Crippen LogP contribution >= 0.6 is 0 Å². The Morgan fingerprint density at radius 3 is 2.50 bits per heavy atom. The molecule has 2 aliphatic heterocycles. The van der Waals surface area contributed by atoms with E-state index in [1.165, 1.54) is 0 Å². The maximum Gasteiger partial charge on any atom is 0.333 e. The summed E-state index contributed by atoms with van der Waals surface area (Å²) in [6.07, 6.45) is 3.98. The molecule has 110 valence electrons. The molecule has 7 heteroatoms. The van der Waals surface area contributed by atoms with Crippen molar-refractivity contribution in [3.63, 3.8) is 0 Å². The number of fused-ring (bicyclic) bond motifs is 2. The minimum Gasteiger partial charge on any atom is -0.345 e. The second kappa shape index (κ2) is 4.73. The molecular formula is C13H21N5O2. The molecule has 2 saturated heterocycles. The van der Waals surface area contributed by atoms with Gasteiger partial charge in [-0.2, -0.15) is 5.10 Å². The van der Waals surface area contributed by atoms with Crippen molar-refractivity contribution in [1.29, 1.82) is 0 Å². The van der Waals surface area contributed by atoms with Crippen LogP contribution in [0.15, 0.2) is 0 Å². The molecule has 7 nitrogen and oxygen atoms in total. The van der Waals surface area contributed by atoms with Gasteiger partial charge < -0.3 is 10.6 Å². The fraction of sp³-hybridized carbons (Fsp3) is 0.769. The van der Waals surface area contributed by atoms with Crippen LogP contribution in [-0.4, -0.2) is 32.8 Å². The topological polar surface area (TPSA) is 90.2 Å². The van der Waals surface area contributed by atoms with E-state index in [9.17, 15) is 10.1 Å². The first-order valence-electron chi connectivity index (χ1n) is 7.28. The van der Waals surface area contributed by atoms with E-state index in [-0.39, 0.29) is 16.7 Å². The van der Waals surface area contributed by atoms with E-state index in [2.05, 4.69) is 10.00 Å². The summed E-state index contributed by atoms with van der Waals surface area (Å²) < 4.78 is 1.77. The minimum absolute atomic E-state index is 0.166. The quantitative estimate of drug-likeness (QED) is 0.670. The lowest BCUT2D eigenvalue weighted by Crippen LogP contribution is -2.48. The number of nitro groups is 1. The number of rotatable bonds is 3. The number of hydrogen-bond acceptors (Lipinski definition) is 5. The third-order valence-electron chi connectivity index (χ3n) is 4.57. The summed E-state index contributed by atoms with van der Waals surface area (Å²) in [5.74, 6) is 0.689. The second-order valence-electron chi connectivity index (χ2n) is 5.85. The first-order valence-corrected chi connectivity index (χ1v) is 7.28. The van der Waals surface area contributed by atoms with E-state index < -0.39 is 0 Å². The largest absolute Gasteiger partial charge is 0.345 e. The van der Waals surface area contributed by atoms with Gasteiger partial charge in [0.15, 0.2) is 0 Å². The maximum atomic E-state index is 11.4.